The largest absolute Gasteiger partial charge is 0.497 e. The molecule has 0 bridgehead atoms. The van der Waals surface area contributed by atoms with Gasteiger partial charge in [-0.25, -0.2) is 0 Å². The first-order valence-electron chi connectivity index (χ1n) is 12.5. The highest BCUT2D eigenvalue weighted by molar-refractivity contribution is 5.83. The Balaban J connectivity index is 1.28. The maximum atomic E-state index is 11.6. The molecule has 0 saturated carbocycles. The van der Waals surface area contributed by atoms with E-state index < -0.39 is 5.97 Å². The standard InChI is InChI=1S/C28H36N2O4/c1-33-25-8-9-27-26(18-25)23(10-13-29-27)7-4-6-22-11-15-30(19-24(22)17-28(31)32)14-3-2-5-21-12-16-34-20-21/h8-10,12-13,16,18,20,22,24H,2-7,11,14-15,17,19H2,1H3,(H,31,32). The first kappa shape index (κ1) is 24.3. The van der Waals surface area contributed by atoms with Crippen LogP contribution in [0.1, 0.15) is 49.7 Å². The lowest BCUT2D eigenvalue weighted by Gasteiger charge is -2.38. The van der Waals surface area contributed by atoms with Crippen molar-refractivity contribution in [1.82, 2.24) is 9.88 Å². The van der Waals surface area contributed by atoms with Crippen molar-refractivity contribution in [3.8, 4) is 5.75 Å². The number of carboxylic acid groups (broad SMARTS) is 1. The zero-order chi connectivity index (χ0) is 23.8. The van der Waals surface area contributed by atoms with Crippen LogP contribution in [0.2, 0.25) is 0 Å². The van der Waals surface area contributed by atoms with Crippen LogP contribution in [0.5, 0.6) is 5.75 Å². The minimum atomic E-state index is -0.677. The fraction of sp³-hybridized carbons (Fsp3) is 0.500. The minimum absolute atomic E-state index is 0.231. The van der Waals surface area contributed by atoms with E-state index in [9.17, 15) is 9.90 Å². The van der Waals surface area contributed by atoms with Gasteiger partial charge in [0, 0.05) is 24.5 Å². The first-order chi connectivity index (χ1) is 16.6. The monoisotopic (exact) mass is 464 g/mol. The number of furan rings is 1. The maximum absolute atomic E-state index is 11.6. The van der Waals surface area contributed by atoms with Gasteiger partial charge in [0.15, 0.2) is 0 Å². The SMILES string of the molecule is COc1ccc2nccc(CCCC3CCN(CCCCc4ccoc4)CC3CC(=O)O)c2c1. The third-order valence-electron chi connectivity index (χ3n) is 7.24. The number of benzene rings is 1. The summed E-state index contributed by atoms with van der Waals surface area (Å²) in [5.41, 5.74) is 3.53. The lowest BCUT2D eigenvalue weighted by Crippen LogP contribution is -2.41. The number of nitrogens with zero attached hydrogens (tertiary/aromatic N) is 2. The molecule has 0 spiro atoms. The second-order valence-electron chi connectivity index (χ2n) is 9.54. The number of likely N-dealkylation sites (tertiary alicyclic amines) is 1. The highest BCUT2D eigenvalue weighted by atomic mass is 16.5. The van der Waals surface area contributed by atoms with Crippen molar-refractivity contribution in [2.24, 2.45) is 11.8 Å². The number of fused-ring (bicyclic) bond motifs is 1. The van der Waals surface area contributed by atoms with Crippen LogP contribution in [0, 0.1) is 11.8 Å². The van der Waals surface area contributed by atoms with Gasteiger partial charge in [-0.3, -0.25) is 9.78 Å². The predicted octanol–water partition coefficient (Wildman–Crippen LogP) is 5.59. The van der Waals surface area contributed by atoms with E-state index in [-0.39, 0.29) is 12.3 Å². The third kappa shape index (κ3) is 6.60. The van der Waals surface area contributed by atoms with Gasteiger partial charge in [-0.1, -0.05) is 0 Å². The molecule has 3 aromatic rings. The molecule has 1 aliphatic rings. The van der Waals surface area contributed by atoms with Crippen LogP contribution >= 0.6 is 0 Å². The van der Waals surface area contributed by atoms with Crippen LogP contribution < -0.4 is 4.74 Å². The van der Waals surface area contributed by atoms with Crippen molar-refractivity contribution < 1.29 is 19.1 Å². The Hall–Kier alpha value is -2.86. The molecule has 1 fully saturated rings. The number of aryl methyl sites for hydroxylation is 2. The number of piperidine rings is 1. The zero-order valence-corrected chi connectivity index (χ0v) is 20.1. The fourth-order valence-electron chi connectivity index (χ4n) is 5.38. The predicted molar refractivity (Wildman–Crippen MR) is 133 cm³/mol. The lowest BCUT2D eigenvalue weighted by molar-refractivity contribution is -0.139. The number of ether oxygens (including phenoxy) is 1. The Kier molecular flexibility index (Phi) is 8.58. The van der Waals surface area contributed by atoms with Crippen molar-refractivity contribution >= 4 is 16.9 Å². The molecule has 1 aromatic carbocycles. The molecule has 34 heavy (non-hydrogen) atoms. The Morgan fingerprint density at radius 1 is 1.18 bits per heavy atom. The highest BCUT2D eigenvalue weighted by Gasteiger charge is 2.30. The van der Waals surface area contributed by atoms with Gasteiger partial charge < -0.3 is 19.2 Å². The number of aliphatic carboxylic acids is 1. The Morgan fingerprint density at radius 2 is 2.09 bits per heavy atom. The van der Waals surface area contributed by atoms with Crippen LogP contribution in [0.4, 0.5) is 0 Å². The van der Waals surface area contributed by atoms with E-state index in [1.807, 2.05) is 30.7 Å². The fourth-order valence-corrected chi connectivity index (χ4v) is 5.38. The number of aromatic nitrogens is 1. The second kappa shape index (κ2) is 12.0. The molecule has 182 valence electrons. The van der Waals surface area contributed by atoms with Crippen molar-refractivity contribution in [1.29, 1.82) is 0 Å². The summed E-state index contributed by atoms with van der Waals surface area (Å²) in [6.07, 6.45) is 13.2. The van der Waals surface area contributed by atoms with E-state index in [0.717, 1.165) is 81.2 Å². The molecule has 2 atom stereocenters. The molecule has 0 amide bonds. The summed E-state index contributed by atoms with van der Waals surface area (Å²) < 4.78 is 10.5. The summed E-state index contributed by atoms with van der Waals surface area (Å²) in [5, 5.41) is 10.7. The number of unbranched alkanes of at least 4 members (excludes halogenated alkanes) is 1. The van der Waals surface area contributed by atoms with Crippen molar-refractivity contribution in [3.63, 3.8) is 0 Å². The molecule has 1 N–H and O–H groups in total. The van der Waals surface area contributed by atoms with Gasteiger partial charge in [0.1, 0.15) is 5.75 Å². The molecule has 0 aliphatic carbocycles. The molecule has 3 heterocycles. The molecule has 0 radical (unpaired) electrons. The van der Waals surface area contributed by atoms with Gasteiger partial charge in [-0.2, -0.15) is 0 Å². The van der Waals surface area contributed by atoms with Crippen LogP contribution in [0.3, 0.4) is 0 Å². The summed E-state index contributed by atoms with van der Waals surface area (Å²) in [6, 6.07) is 10.1. The molecule has 4 rings (SSSR count). The Morgan fingerprint density at radius 3 is 2.88 bits per heavy atom. The number of rotatable bonds is 12. The summed E-state index contributed by atoms with van der Waals surface area (Å²) in [7, 11) is 1.69. The summed E-state index contributed by atoms with van der Waals surface area (Å²) in [4.78, 5) is 18.5. The number of carboxylic acids is 1. The van der Waals surface area contributed by atoms with Crippen molar-refractivity contribution in [2.75, 3.05) is 26.7 Å². The average molecular weight is 465 g/mol. The third-order valence-corrected chi connectivity index (χ3v) is 7.24. The minimum Gasteiger partial charge on any atom is -0.497 e. The topological polar surface area (TPSA) is 75.8 Å². The summed E-state index contributed by atoms with van der Waals surface area (Å²) in [5.74, 6) is 0.875. The van der Waals surface area contributed by atoms with Crippen LogP contribution in [-0.2, 0) is 17.6 Å². The molecule has 1 saturated heterocycles. The van der Waals surface area contributed by atoms with Crippen LogP contribution in [0.25, 0.3) is 10.9 Å². The Bertz CT molecular complexity index is 1050. The number of pyridine rings is 1. The molecular formula is C28H36N2O4. The lowest BCUT2D eigenvalue weighted by atomic mass is 9.79. The van der Waals surface area contributed by atoms with Crippen molar-refractivity contribution in [2.45, 2.75) is 51.4 Å². The van der Waals surface area contributed by atoms with Gasteiger partial charge in [0.05, 0.1) is 25.2 Å². The van der Waals surface area contributed by atoms with Gasteiger partial charge in [0.2, 0.25) is 0 Å². The second-order valence-corrected chi connectivity index (χ2v) is 9.54. The van der Waals surface area contributed by atoms with E-state index in [1.165, 1.54) is 11.1 Å². The highest BCUT2D eigenvalue weighted by Crippen LogP contribution is 2.32. The molecule has 2 unspecified atom stereocenters. The van der Waals surface area contributed by atoms with E-state index >= 15 is 0 Å². The normalized spacial score (nSPS) is 18.9. The summed E-state index contributed by atoms with van der Waals surface area (Å²) in [6.45, 7) is 3.02. The molecule has 6 heteroatoms. The maximum Gasteiger partial charge on any atom is 0.303 e. The number of hydrogen-bond acceptors (Lipinski definition) is 5. The van der Waals surface area contributed by atoms with E-state index in [4.69, 9.17) is 9.15 Å². The van der Waals surface area contributed by atoms with Gasteiger partial charge in [-0.15, -0.1) is 0 Å². The molecule has 2 aromatic heterocycles. The van der Waals surface area contributed by atoms with Crippen LogP contribution in [0.15, 0.2) is 53.5 Å². The first-order valence-corrected chi connectivity index (χ1v) is 12.5. The number of hydrogen-bond donors (Lipinski definition) is 1. The summed E-state index contributed by atoms with van der Waals surface area (Å²) >= 11 is 0. The quantitative estimate of drug-likeness (QED) is 0.352. The van der Waals surface area contributed by atoms with Gasteiger partial charge >= 0.3 is 5.97 Å². The number of carbonyl (C=O) groups is 1. The average Bonchev–Trinajstić information content (AvgIpc) is 3.36. The van der Waals surface area contributed by atoms with Crippen LogP contribution in [-0.4, -0.2) is 47.7 Å². The van der Waals surface area contributed by atoms with E-state index in [2.05, 4.69) is 22.0 Å². The molecule has 6 nitrogen and oxygen atoms in total. The zero-order valence-electron chi connectivity index (χ0n) is 20.1. The molecule has 1 aliphatic heterocycles. The Labute approximate surface area is 201 Å². The van der Waals surface area contributed by atoms with E-state index in [1.54, 1.807) is 13.4 Å². The van der Waals surface area contributed by atoms with Gasteiger partial charge in [-0.05, 0) is 111 Å². The van der Waals surface area contributed by atoms with Crippen molar-refractivity contribution in [3.05, 3.63) is 60.2 Å². The van der Waals surface area contributed by atoms with E-state index in [0.29, 0.717) is 5.92 Å². The smallest absolute Gasteiger partial charge is 0.303 e. The van der Waals surface area contributed by atoms with Gasteiger partial charge in [0.25, 0.3) is 0 Å². The number of methoxy groups -OCH3 is 1. The molecular weight excluding hydrogens is 428 g/mol.